The second-order valence-corrected chi connectivity index (χ2v) is 11.2. The summed E-state index contributed by atoms with van der Waals surface area (Å²) >= 11 is 0. The van der Waals surface area contributed by atoms with Gasteiger partial charge < -0.3 is 15.0 Å². The van der Waals surface area contributed by atoms with Crippen molar-refractivity contribution in [2.75, 3.05) is 20.1 Å². The van der Waals surface area contributed by atoms with E-state index in [0.717, 1.165) is 19.2 Å². The molecule has 16 heteroatoms. The van der Waals surface area contributed by atoms with Gasteiger partial charge in [0.25, 0.3) is 5.69 Å². The minimum Gasteiger partial charge on any atom is -0.442 e. The summed E-state index contributed by atoms with van der Waals surface area (Å²) in [7, 11) is -3.50. The number of rotatable bonds is 2. The van der Waals surface area contributed by atoms with E-state index >= 15 is 0 Å². The first-order chi connectivity index (χ1) is 15.9. The zero-order valence-corrected chi connectivity index (χ0v) is 19.8. The van der Waals surface area contributed by atoms with Gasteiger partial charge in [-0.1, -0.05) is 12.1 Å². The van der Waals surface area contributed by atoms with Gasteiger partial charge in [-0.25, -0.2) is 17.5 Å². The van der Waals surface area contributed by atoms with Gasteiger partial charge in [-0.15, -0.1) is 4.99 Å². The van der Waals surface area contributed by atoms with Crippen molar-refractivity contribution in [1.82, 2.24) is 14.5 Å². The van der Waals surface area contributed by atoms with Gasteiger partial charge in [0.2, 0.25) is 16.0 Å². The van der Waals surface area contributed by atoms with Gasteiger partial charge in [0.15, 0.2) is 0 Å². The van der Waals surface area contributed by atoms with Crippen LogP contribution >= 0.6 is 0 Å². The van der Waals surface area contributed by atoms with Crippen LogP contribution in [0.1, 0.15) is 26.3 Å². The van der Waals surface area contributed by atoms with Crippen LogP contribution in [0.4, 0.5) is 23.7 Å². The van der Waals surface area contributed by atoms with Crippen molar-refractivity contribution < 1.29 is 40.8 Å². The minimum atomic E-state index is -5.29. The number of nitrogens with one attached hydrogen (secondary N) is 1. The van der Waals surface area contributed by atoms with E-state index in [4.69, 9.17) is 4.74 Å². The first-order valence-electron chi connectivity index (χ1n) is 10.1. The molecule has 2 heterocycles. The van der Waals surface area contributed by atoms with Crippen molar-refractivity contribution >= 4 is 33.7 Å². The molecule has 0 aromatic heterocycles. The van der Waals surface area contributed by atoms with E-state index in [2.05, 4.69) is 10.3 Å². The number of hydrogen-bond acceptors (Lipinski definition) is 7. The topological polar surface area (TPSA) is 152 Å². The molecule has 0 aliphatic carbocycles. The molecule has 1 aromatic carbocycles. The number of halogens is 3. The van der Waals surface area contributed by atoms with E-state index in [0.29, 0.717) is 9.21 Å². The van der Waals surface area contributed by atoms with Crippen molar-refractivity contribution in [3.05, 3.63) is 39.9 Å². The molecule has 1 N–H and O–H groups in total. The molecule has 2 fully saturated rings. The number of alkyl halides is 3. The summed E-state index contributed by atoms with van der Waals surface area (Å²) in [5, 5.41) is 12.3. The van der Waals surface area contributed by atoms with E-state index in [1.165, 1.54) is 32.9 Å². The van der Waals surface area contributed by atoms with Crippen LogP contribution < -0.4 is 5.32 Å². The zero-order chi connectivity index (χ0) is 26.6. The molecule has 192 valence electrons. The predicted molar refractivity (Wildman–Crippen MR) is 115 cm³/mol. The molecule has 2 amide bonds. The summed E-state index contributed by atoms with van der Waals surface area (Å²) in [5.41, 5.74) is -3.52. The molecule has 2 saturated heterocycles. The van der Waals surface area contributed by atoms with Crippen LogP contribution in [0.25, 0.3) is 0 Å². The third-order valence-corrected chi connectivity index (χ3v) is 7.65. The monoisotopic (exact) mass is 521 g/mol. The molecule has 35 heavy (non-hydrogen) atoms. The summed E-state index contributed by atoms with van der Waals surface area (Å²) in [5.74, 6) is -2.86. The first kappa shape index (κ1) is 26.2. The third kappa shape index (κ3) is 4.87. The molecule has 1 aromatic rings. The predicted octanol–water partition coefficient (Wildman–Crippen LogP) is 1.72. The van der Waals surface area contributed by atoms with Crippen molar-refractivity contribution in [2.45, 2.75) is 43.3 Å². The lowest BCUT2D eigenvalue weighted by Gasteiger charge is -2.44. The third-order valence-electron chi connectivity index (χ3n) is 5.44. The summed E-state index contributed by atoms with van der Waals surface area (Å²) in [6.07, 6.45) is -6.48. The van der Waals surface area contributed by atoms with Gasteiger partial charge in [-0.05, 0) is 26.3 Å². The number of fused-ring (bicyclic) bond motifs is 1. The molecule has 2 aliphatic heterocycles. The number of hydrogen-bond donors (Lipinski definition) is 1. The van der Waals surface area contributed by atoms with Gasteiger partial charge in [-0.3, -0.25) is 14.9 Å². The first-order valence-corrected chi connectivity index (χ1v) is 11.6. The molecule has 2 atom stereocenters. The van der Waals surface area contributed by atoms with E-state index in [1.54, 1.807) is 0 Å². The Morgan fingerprint density at radius 3 is 2.46 bits per heavy atom. The highest BCUT2D eigenvalue weighted by Crippen LogP contribution is 2.42. The van der Waals surface area contributed by atoms with Gasteiger partial charge in [-0.2, -0.15) is 13.2 Å². The Morgan fingerprint density at radius 1 is 1.29 bits per heavy atom. The Morgan fingerprint density at radius 2 is 1.91 bits per heavy atom. The Labute approximate surface area is 197 Å². The number of guanidine groups is 1. The highest BCUT2D eigenvalue weighted by atomic mass is 32.2. The molecule has 2 aliphatic rings. The molecule has 0 radical (unpaired) electrons. The van der Waals surface area contributed by atoms with E-state index in [-0.39, 0.29) is 5.56 Å². The SMILES string of the molecule is CN1/C(=N/C(=O)OC(C)(C)C)NC2(c3cccc([N+](=O)[O-])c3)CN(C(=O)C(F)(F)F)CC2S1(=O)=O. The standard InChI is InChI=1S/C19H22F3N5O7S/c1-17(2,3)34-16(29)23-15-24-18(11-6-5-7-12(8-11)27(30)31)10-26(14(28)19(20,21)22)9-13(18)35(32,33)25(15)4/h5-8,13H,9-10H2,1-4H3,(H,23,24,29). The summed E-state index contributed by atoms with van der Waals surface area (Å²) < 4.78 is 72.0. The summed E-state index contributed by atoms with van der Waals surface area (Å²) in [6.45, 7) is 2.94. The zero-order valence-electron chi connectivity index (χ0n) is 19.0. The maximum Gasteiger partial charge on any atom is 0.471 e. The number of nitro benzene ring substituents is 1. The Bertz CT molecular complexity index is 1210. The van der Waals surface area contributed by atoms with Crippen molar-refractivity contribution in [1.29, 1.82) is 0 Å². The molecule has 3 rings (SSSR count). The number of sulfonamides is 1. The number of aliphatic imine (C=N–C) groups is 1. The lowest BCUT2D eigenvalue weighted by atomic mass is 9.88. The van der Waals surface area contributed by atoms with Gasteiger partial charge in [0, 0.05) is 32.3 Å². The van der Waals surface area contributed by atoms with E-state index in [1.807, 2.05) is 0 Å². The number of carbonyl (C=O) groups is 2. The number of non-ortho nitro benzene ring substituents is 1. The van der Waals surface area contributed by atoms with Crippen LogP contribution in [0, 0.1) is 10.1 Å². The second kappa shape index (κ2) is 8.35. The Balaban J connectivity index is 2.20. The number of carbonyl (C=O) groups excluding carboxylic acids is 2. The van der Waals surface area contributed by atoms with E-state index in [9.17, 15) is 41.3 Å². The van der Waals surface area contributed by atoms with Gasteiger partial charge in [0.1, 0.15) is 16.4 Å². The lowest BCUT2D eigenvalue weighted by Crippen LogP contribution is -2.67. The molecule has 2 unspecified atom stereocenters. The Hall–Kier alpha value is -3.43. The number of nitrogens with zero attached hydrogens (tertiary/aromatic N) is 4. The van der Waals surface area contributed by atoms with Crippen LogP contribution in [0.15, 0.2) is 29.3 Å². The van der Waals surface area contributed by atoms with Crippen molar-refractivity contribution in [3.63, 3.8) is 0 Å². The fourth-order valence-electron chi connectivity index (χ4n) is 3.93. The van der Waals surface area contributed by atoms with Crippen molar-refractivity contribution in [3.8, 4) is 0 Å². The largest absolute Gasteiger partial charge is 0.471 e. The number of benzene rings is 1. The molecular formula is C19H22F3N5O7S. The number of ether oxygens (including phenoxy) is 1. The fraction of sp³-hybridized carbons (Fsp3) is 0.526. The number of nitro groups is 1. The van der Waals surface area contributed by atoms with Crippen LogP contribution in [-0.2, 0) is 25.1 Å². The lowest BCUT2D eigenvalue weighted by molar-refractivity contribution is -0.385. The highest BCUT2D eigenvalue weighted by molar-refractivity contribution is 7.90. The summed E-state index contributed by atoms with van der Waals surface area (Å²) in [6, 6.07) is 4.61. The summed E-state index contributed by atoms with van der Waals surface area (Å²) in [4.78, 5) is 38.8. The Kier molecular flexibility index (Phi) is 6.25. The second-order valence-electron chi connectivity index (χ2n) is 9.00. The van der Waals surface area contributed by atoms with Crippen LogP contribution in [0.2, 0.25) is 0 Å². The smallest absolute Gasteiger partial charge is 0.442 e. The fourth-order valence-corrected chi connectivity index (χ4v) is 5.79. The maximum atomic E-state index is 13.4. The quantitative estimate of drug-likeness (QED) is 0.456. The van der Waals surface area contributed by atoms with Crippen LogP contribution in [0.3, 0.4) is 0 Å². The molecular weight excluding hydrogens is 499 g/mol. The number of likely N-dealkylation sites (tertiary alicyclic amines) is 1. The molecule has 0 saturated carbocycles. The molecule has 0 spiro atoms. The molecule has 12 nitrogen and oxygen atoms in total. The van der Waals surface area contributed by atoms with Crippen LogP contribution in [-0.4, -0.2) is 77.7 Å². The normalized spacial score (nSPS) is 25.1. The van der Waals surface area contributed by atoms with Crippen LogP contribution in [0.5, 0.6) is 0 Å². The maximum absolute atomic E-state index is 13.4. The van der Waals surface area contributed by atoms with Gasteiger partial charge in [0.05, 0.1) is 4.92 Å². The highest BCUT2D eigenvalue weighted by Gasteiger charge is 2.62. The molecule has 0 bridgehead atoms. The minimum absolute atomic E-state index is 0.0808. The number of amides is 2. The average molecular weight is 521 g/mol. The van der Waals surface area contributed by atoms with Gasteiger partial charge >= 0.3 is 18.2 Å². The van der Waals surface area contributed by atoms with E-state index < -0.39 is 74.2 Å². The average Bonchev–Trinajstić information content (AvgIpc) is 3.11. The van der Waals surface area contributed by atoms with Crippen molar-refractivity contribution in [2.24, 2.45) is 4.99 Å².